The van der Waals surface area contributed by atoms with Crippen LogP contribution in [-0.4, -0.2) is 11.6 Å². The summed E-state index contributed by atoms with van der Waals surface area (Å²) in [5, 5.41) is 0. The summed E-state index contributed by atoms with van der Waals surface area (Å²) in [6.07, 6.45) is 2.93. The number of nitrogens with zero attached hydrogens (tertiary/aromatic N) is 1. The molecule has 0 bridgehead atoms. The van der Waals surface area contributed by atoms with Gasteiger partial charge in [-0.3, -0.25) is 4.98 Å². The number of rotatable bonds is 4. The summed E-state index contributed by atoms with van der Waals surface area (Å²) in [5.41, 5.74) is 1.82. The van der Waals surface area contributed by atoms with Gasteiger partial charge in [-0.1, -0.05) is 6.92 Å². The van der Waals surface area contributed by atoms with Crippen LogP contribution in [0.4, 0.5) is 0 Å². The first-order chi connectivity index (χ1) is 4.93. The van der Waals surface area contributed by atoms with E-state index in [0.29, 0.717) is 0 Å². The minimum absolute atomic E-state index is 0.721. The van der Waals surface area contributed by atoms with Crippen LogP contribution in [0.5, 0.6) is 0 Å². The second kappa shape index (κ2) is 4.41. The van der Waals surface area contributed by atoms with Gasteiger partial charge in [-0.25, -0.2) is 0 Å². The zero-order valence-electron chi connectivity index (χ0n) is 6.04. The summed E-state index contributed by atoms with van der Waals surface area (Å²) in [5.74, 6) is 0. The van der Waals surface area contributed by atoms with Gasteiger partial charge in [0.2, 0.25) is 0 Å². The molecule has 0 aliphatic carbocycles. The van der Waals surface area contributed by atoms with Gasteiger partial charge in [0.1, 0.15) is 0 Å². The number of hydrogen-bond donors (Lipinski definition) is 0. The maximum Gasteiger partial charge on any atom is 0.0825 e. The molecule has 0 spiro atoms. The van der Waals surface area contributed by atoms with Crippen LogP contribution in [0, 0.1) is 0 Å². The highest BCUT2D eigenvalue weighted by atomic mass is 32.1. The number of aromatic nitrogens is 1. The minimum atomic E-state index is 0.721. The van der Waals surface area contributed by atoms with Gasteiger partial charge in [0.15, 0.2) is 0 Å². The van der Waals surface area contributed by atoms with E-state index in [1.165, 1.54) is 4.88 Å². The highest BCUT2D eigenvalue weighted by Crippen LogP contribution is 2.06. The smallest absolute Gasteiger partial charge is 0.0825 e. The number of thiazole rings is 1. The van der Waals surface area contributed by atoms with Crippen molar-refractivity contribution in [3.05, 3.63) is 16.6 Å². The molecule has 1 aromatic rings. The van der Waals surface area contributed by atoms with Crippen molar-refractivity contribution in [2.45, 2.75) is 20.0 Å². The van der Waals surface area contributed by atoms with Crippen molar-refractivity contribution in [2.24, 2.45) is 0 Å². The molecule has 0 saturated carbocycles. The molecule has 0 aliphatic rings. The van der Waals surface area contributed by atoms with E-state index in [0.717, 1.165) is 19.6 Å². The zero-order valence-corrected chi connectivity index (χ0v) is 6.86. The largest absolute Gasteiger partial charge is 0.376 e. The molecular weight excluding hydrogens is 146 g/mol. The fraction of sp³-hybridized carbons (Fsp3) is 0.571. The van der Waals surface area contributed by atoms with Crippen molar-refractivity contribution < 1.29 is 4.74 Å². The number of hydrogen-bond acceptors (Lipinski definition) is 3. The predicted octanol–water partition coefficient (Wildman–Crippen LogP) is 2.07. The van der Waals surface area contributed by atoms with Crippen molar-refractivity contribution in [3.63, 3.8) is 0 Å². The summed E-state index contributed by atoms with van der Waals surface area (Å²) < 4.78 is 5.30. The Bertz CT molecular complexity index is 162. The van der Waals surface area contributed by atoms with Crippen LogP contribution in [0.25, 0.3) is 0 Å². The maximum absolute atomic E-state index is 5.30. The van der Waals surface area contributed by atoms with Crippen LogP contribution >= 0.6 is 11.3 Å². The fourth-order valence-electron chi connectivity index (χ4n) is 0.631. The molecule has 0 saturated heterocycles. The summed E-state index contributed by atoms with van der Waals surface area (Å²) in [6, 6.07) is 0. The third kappa shape index (κ3) is 2.45. The van der Waals surface area contributed by atoms with Gasteiger partial charge in [-0.15, -0.1) is 11.3 Å². The Morgan fingerprint density at radius 1 is 1.70 bits per heavy atom. The molecule has 1 aromatic heterocycles. The highest BCUT2D eigenvalue weighted by Gasteiger charge is 1.91. The van der Waals surface area contributed by atoms with Crippen LogP contribution in [0.1, 0.15) is 18.2 Å². The average Bonchev–Trinajstić information content (AvgIpc) is 2.41. The normalized spacial score (nSPS) is 10.1. The molecule has 0 atom stereocenters. The molecule has 0 aromatic carbocycles. The molecule has 0 fully saturated rings. The molecular formula is C7H11NOS. The molecule has 0 radical (unpaired) electrons. The Balaban J connectivity index is 2.15. The predicted molar refractivity (Wildman–Crippen MR) is 42.1 cm³/mol. The van der Waals surface area contributed by atoms with E-state index >= 15 is 0 Å². The van der Waals surface area contributed by atoms with E-state index in [1.54, 1.807) is 11.3 Å². The Labute approximate surface area is 64.9 Å². The van der Waals surface area contributed by atoms with Gasteiger partial charge in [0.05, 0.1) is 17.0 Å². The third-order valence-corrected chi connectivity index (χ3v) is 1.83. The SMILES string of the molecule is CCCOCc1cncs1. The summed E-state index contributed by atoms with van der Waals surface area (Å²) in [6.45, 7) is 3.67. The Kier molecular flexibility index (Phi) is 3.40. The van der Waals surface area contributed by atoms with Crippen LogP contribution in [0.2, 0.25) is 0 Å². The molecule has 0 aliphatic heterocycles. The molecule has 3 heteroatoms. The van der Waals surface area contributed by atoms with E-state index in [1.807, 2.05) is 11.7 Å². The monoisotopic (exact) mass is 157 g/mol. The second-order valence-corrected chi connectivity index (χ2v) is 2.99. The van der Waals surface area contributed by atoms with Gasteiger partial charge in [0, 0.05) is 12.8 Å². The number of ether oxygens (including phenoxy) is 1. The van der Waals surface area contributed by atoms with Gasteiger partial charge in [-0.2, -0.15) is 0 Å². The molecule has 2 nitrogen and oxygen atoms in total. The second-order valence-electron chi connectivity index (χ2n) is 2.02. The molecule has 1 heterocycles. The van der Waals surface area contributed by atoms with Crippen LogP contribution in [0.3, 0.4) is 0 Å². The first-order valence-corrected chi connectivity index (χ1v) is 4.26. The fourth-order valence-corrected chi connectivity index (χ4v) is 1.16. The maximum atomic E-state index is 5.30. The van der Waals surface area contributed by atoms with Gasteiger partial charge < -0.3 is 4.74 Å². The lowest BCUT2D eigenvalue weighted by molar-refractivity contribution is 0.123. The standard InChI is InChI=1S/C7H11NOS/c1-2-3-9-5-7-4-8-6-10-7/h4,6H,2-3,5H2,1H3. The van der Waals surface area contributed by atoms with E-state index in [9.17, 15) is 0 Å². The lowest BCUT2D eigenvalue weighted by Crippen LogP contribution is -1.90. The van der Waals surface area contributed by atoms with Crippen molar-refractivity contribution >= 4 is 11.3 Å². The van der Waals surface area contributed by atoms with Crippen LogP contribution in [0.15, 0.2) is 11.7 Å². The lowest BCUT2D eigenvalue weighted by Gasteiger charge is -1.96. The summed E-state index contributed by atoms with van der Waals surface area (Å²) in [4.78, 5) is 5.14. The highest BCUT2D eigenvalue weighted by molar-refractivity contribution is 7.09. The van der Waals surface area contributed by atoms with Gasteiger partial charge in [0.25, 0.3) is 0 Å². The molecule has 0 N–H and O–H groups in total. The average molecular weight is 157 g/mol. The van der Waals surface area contributed by atoms with E-state index in [4.69, 9.17) is 4.74 Å². The van der Waals surface area contributed by atoms with E-state index < -0.39 is 0 Å². The molecule has 0 unspecified atom stereocenters. The van der Waals surface area contributed by atoms with Crippen LogP contribution < -0.4 is 0 Å². The summed E-state index contributed by atoms with van der Waals surface area (Å²) >= 11 is 1.64. The first-order valence-electron chi connectivity index (χ1n) is 3.38. The lowest BCUT2D eigenvalue weighted by atomic mass is 10.5. The minimum Gasteiger partial charge on any atom is -0.376 e. The Morgan fingerprint density at radius 3 is 3.20 bits per heavy atom. The summed E-state index contributed by atoms with van der Waals surface area (Å²) in [7, 11) is 0. The van der Waals surface area contributed by atoms with Crippen LogP contribution in [-0.2, 0) is 11.3 Å². The molecule has 1 rings (SSSR count). The van der Waals surface area contributed by atoms with E-state index in [-0.39, 0.29) is 0 Å². The molecule has 10 heavy (non-hydrogen) atoms. The van der Waals surface area contributed by atoms with Gasteiger partial charge >= 0.3 is 0 Å². The third-order valence-electron chi connectivity index (χ3n) is 1.08. The topological polar surface area (TPSA) is 22.1 Å². The quantitative estimate of drug-likeness (QED) is 0.624. The van der Waals surface area contributed by atoms with Crippen molar-refractivity contribution in [3.8, 4) is 0 Å². The first kappa shape index (κ1) is 7.69. The van der Waals surface area contributed by atoms with Gasteiger partial charge in [-0.05, 0) is 6.42 Å². The zero-order chi connectivity index (χ0) is 7.23. The molecule has 56 valence electrons. The molecule has 0 amide bonds. The Hall–Kier alpha value is -0.410. The van der Waals surface area contributed by atoms with Crippen molar-refractivity contribution in [2.75, 3.05) is 6.61 Å². The Morgan fingerprint density at radius 2 is 2.60 bits per heavy atom. The van der Waals surface area contributed by atoms with Crippen molar-refractivity contribution in [1.82, 2.24) is 4.98 Å². The van der Waals surface area contributed by atoms with Crippen molar-refractivity contribution in [1.29, 1.82) is 0 Å². The van der Waals surface area contributed by atoms with E-state index in [2.05, 4.69) is 11.9 Å².